The van der Waals surface area contributed by atoms with Gasteiger partial charge in [-0.3, -0.25) is 4.99 Å². The van der Waals surface area contributed by atoms with Gasteiger partial charge in [0.1, 0.15) is 17.2 Å². The molecule has 0 saturated carbocycles. The van der Waals surface area contributed by atoms with Crippen LogP contribution >= 0.6 is 23.2 Å². The number of phenolic OH excluding ortho intramolecular Hbond substituents is 1. The Kier molecular flexibility index (Phi) is 6.49. The van der Waals surface area contributed by atoms with Gasteiger partial charge in [0, 0.05) is 11.2 Å². The molecule has 0 aliphatic carbocycles. The number of phenols is 1. The number of carbonyl (C=O) groups excluding carboxylic acids is 1. The van der Waals surface area contributed by atoms with E-state index in [0.29, 0.717) is 16.5 Å². The quantitative estimate of drug-likeness (QED) is 0.270. The summed E-state index contributed by atoms with van der Waals surface area (Å²) in [6.45, 7) is 6.30. The van der Waals surface area contributed by atoms with Gasteiger partial charge in [0.2, 0.25) is 0 Å². The molecule has 154 valence electrons. The summed E-state index contributed by atoms with van der Waals surface area (Å²) in [5.41, 5.74) is 2.56. The number of hydrogen-bond donors (Lipinski definition) is 1. The van der Waals surface area contributed by atoms with Crippen LogP contribution in [0.25, 0.3) is 0 Å². The third-order valence-corrected chi connectivity index (χ3v) is 4.98. The highest BCUT2D eigenvalue weighted by atomic mass is 35.5. The van der Waals surface area contributed by atoms with Crippen molar-refractivity contribution in [2.24, 2.45) is 4.99 Å². The van der Waals surface area contributed by atoms with Crippen molar-refractivity contribution in [1.29, 1.82) is 0 Å². The van der Waals surface area contributed by atoms with Crippen LogP contribution in [0.2, 0.25) is 10.0 Å². The fourth-order valence-corrected chi connectivity index (χ4v) is 3.16. The van der Waals surface area contributed by atoms with Crippen molar-refractivity contribution in [3.63, 3.8) is 0 Å². The van der Waals surface area contributed by atoms with Crippen LogP contribution in [0.4, 0.5) is 5.69 Å². The second kappa shape index (κ2) is 8.90. The third-order valence-electron chi connectivity index (χ3n) is 4.44. The molecule has 0 unspecified atom stereocenters. The third kappa shape index (κ3) is 5.41. The summed E-state index contributed by atoms with van der Waals surface area (Å²) in [5, 5.41) is 10.8. The van der Waals surface area contributed by atoms with Gasteiger partial charge in [0.05, 0.1) is 10.6 Å². The number of nitrogens with zero attached hydrogens (tertiary/aromatic N) is 1. The monoisotopic (exact) mass is 441 g/mol. The van der Waals surface area contributed by atoms with Crippen LogP contribution in [0.5, 0.6) is 11.5 Å². The van der Waals surface area contributed by atoms with Crippen LogP contribution in [0.15, 0.2) is 65.7 Å². The van der Waals surface area contributed by atoms with E-state index >= 15 is 0 Å². The number of carbonyl (C=O) groups is 1. The number of aromatic hydroxyl groups is 1. The first kappa shape index (κ1) is 21.9. The molecule has 0 aliphatic heterocycles. The van der Waals surface area contributed by atoms with E-state index in [0.717, 1.165) is 11.1 Å². The summed E-state index contributed by atoms with van der Waals surface area (Å²) in [6, 6.07) is 16.9. The Morgan fingerprint density at radius 2 is 1.70 bits per heavy atom. The Balaban J connectivity index is 1.72. The van der Waals surface area contributed by atoms with Crippen molar-refractivity contribution >= 4 is 41.1 Å². The van der Waals surface area contributed by atoms with E-state index in [-0.39, 0.29) is 21.8 Å². The van der Waals surface area contributed by atoms with E-state index in [4.69, 9.17) is 27.9 Å². The highest BCUT2D eigenvalue weighted by Crippen LogP contribution is 2.32. The van der Waals surface area contributed by atoms with Crippen LogP contribution in [0.1, 0.15) is 42.3 Å². The van der Waals surface area contributed by atoms with Crippen molar-refractivity contribution in [2.45, 2.75) is 26.2 Å². The Morgan fingerprint density at radius 1 is 1.00 bits per heavy atom. The summed E-state index contributed by atoms with van der Waals surface area (Å²) in [7, 11) is 0. The molecule has 4 nitrogen and oxygen atoms in total. The van der Waals surface area contributed by atoms with Gasteiger partial charge in [0.25, 0.3) is 0 Å². The van der Waals surface area contributed by atoms with E-state index in [9.17, 15) is 9.90 Å². The Hall–Kier alpha value is -2.82. The van der Waals surface area contributed by atoms with Gasteiger partial charge in [-0.1, -0.05) is 50.0 Å². The van der Waals surface area contributed by atoms with Gasteiger partial charge >= 0.3 is 5.97 Å². The lowest BCUT2D eigenvalue weighted by Gasteiger charge is -2.19. The number of halogens is 2. The van der Waals surface area contributed by atoms with Gasteiger partial charge in [-0.15, -0.1) is 0 Å². The molecular weight excluding hydrogens is 421 g/mol. The fourth-order valence-electron chi connectivity index (χ4n) is 2.68. The van der Waals surface area contributed by atoms with Gasteiger partial charge in [-0.25, -0.2) is 4.79 Å². The van der Waals surface area contributed by atoms with Crippen LogP contribution in [0, 0.1) is 0 Å². The molecular formula is C24H21Cl2NO3. The van der Waals surface area contributed by atoms with Crippen LogP contribution in [-0.4, -0.2) is 17.3 Å². The van der Waals surface area contributed by atoms with E-state index in [1.807, 2.05) is 12.1 Å². The Bertz CT molecular complexity index is 1100. The highest BCUT2D eigenvalue weighted by Gasteiger charge is 2.15. The van der Waals surface area contributed by atoms with E-state index < -0.39 is 5.97 Å². The number of aliphatic imine (C=N–C) groups is 1. The molecule has 0 spiro atoms. The molecule has 3 rings (SSSR count). The van der Waals surface area contributed by atoms with Gasteiger partial charge in [0.15, 0.2) is 0 Å². The molecule has 6 heteroatoms. The molecule has 30 heavy (non-hydrogen) atoms. The number of ether oxygens (including phenoxy) is 1. The average molecular weight is 442 g/mol. The normalized spacial score (nSPS) is 11.6. The van der Waals surface area contributed by atoms with Crippen molar-refractivity contribution in [3.8, 4) is 11.5 Å². The number of rotatable bonds is 4. The highest BCUT2D eigenvalue weighted by molar-refractivity contribution is 6.36. The minimum absolute atomic E-state index is 0.0452. The fraction of sp³-hybridized carbons (Fsp3) is 0.167. The molecule has 0 saturated heterocycles. The van der Waals surface area contributed by atoms with E-state index in [1.165, 1.54) is 12.1 Å². The lowest BCUT2D eigenvalue weighted by atomic mass is 9.87. The molecule has 3 aromatic carbocycles. The van der Waals surface area contributed by atoms with Crippen LogP contribution < -0.4 is 4.74 Å². The second-order valence-electron chi connectivity index (χ2n) is 7.79. The van der Waals surface area contributed by atoms with Gasteiger partial charge in [-0.2, -0.15) is 0 Å². The average Bonchev–Trinajstić information content (AvgIpc) is 2.67. The maximum atomic E-state index is 12.3. The molecule has 0 heterocycles. The maximum Gasteiger partial charge on any atom is 0.345 e. The molecule has 0 amide bonds. The molecule has 0 radical (unpaired) electrons. The van der Waals surface area contributed by atoms with Gasteiger partial charge in [-0.05, 0) is 71.1 Å². The lowest BCUT2D eigenvalue weighted by molar-refractivity contribution is 0.0735. The van der Waals surface area contributed by atoms with Gasteiger partial charge < -0.3 is 9.84 Å². The minimum atomic E-state index is -0.568. The molecule has 0 atom stereocenters. The number of esters is 1. The Morgan fingerprint density at radius 3 is 2.33 bits per heavy atom. The standard InChI is InChI=1S/C24H21Cl2NO3/c1-24(2,3)16-6-11-22(28)21(12-16)27-14-15-4-8-18(9-5-15)30-23(29)19-10-7-17(25)13-20(19)26/h4-14,28H,1-3H3. The topological polar surface area (TPSA) is 58.9 Å². The van der Waals surface area contributed by atoms with Crippen molar-refractivity contribution in [1.82, 2.24) is 0 Å². The summed E-state index contributed by atoms with van der Waals surface area (Å²) >= 11 is 11.9. The smallest absolute Gasteiger partial charge is 0.345 e. The van der Waals surface area contributed by atoms with Crippen molar-refractivity contribution in [2.75, 3.05) is 0 Å². The predicted octanol–water partition coefficient (Wildman–Crippen LogP) is 6.97. The van der Waals surface area contributed by atoms with Crippen molar-refractivity contribution < 1.29 is 14.6 Å². The van der Waals surface area contributed by atoms with E-state index in [1.54, 1.807) is 42.6 Å². The molecule has 1 N–H and O–H groups in total. The molecule has 3 aromatic rings. The maximum absolute atomic E-state index is 12.3. The van der Waals surface area contributed by atoms with Crippen molar-refractivity contribution in [3.05, 3.63) is 87.4 Å². The summed E-state index contributed by atoms with van der Waals surface area (Å²) in [4.78, 5) is 16.7. The van der Waals surface area contributed by atoms with Crippen LogP contribution in [0.3, 0.4) is 0 Å². The largest absolute Gasteiger partial charge is 0.506 e. The minimum Gasteiger partial charge on any atom is -0.506 e. The lowest BCUT2D eigenvalue weighted by Crippen LogP contribution is -2.10. The molecule has 0 aliphatic rings. The molecule has 0 fully saturated rings. The Labute approximate surface area is 185 Å². The zero-order valence-corrected chi connectivity index (χ0v) is 18.3. The van der Waals surface area contributed by atoms with E-state index in [2.05, 4.69) is 25.8 Å². The summed E-state index contributed by atoms with van der Waals surface area (Å²) in [6.07, 6.45) is 1.64. The first-order chi connectivity index (χ1) is 14.1. The second-order valence-corrected chi connectivity index (χ2v) is 8.64. The zero-order chi connectivity index (χ0) is 21.9. The molecule has 0 aromatic heterocycles. The number of hydrogen-bond acceptors (Lipinski definition) is 4. The zero-order valence-electron chi connectivity index (χ0n) is 16.8. The first-order valence-electron chi connectivity index (χ1n) is 9.28. The molecule has 0 bridgehead atoms. The summed E-state index contributed by atoms with van der Waals surface area (Å²) < 4.78 is 5.36. The SMILES string of the molecule is CC(C)(C)c1ccc(O)c(N=Cc2ccc(OC(=O)c3ccc(Cl)cc3Cl)cc2)c1. The summed E-state index contributed by atoms with van der Waals surface area (Å²) in [5.74, 6) is -0.0765. The number of benzene rings is 3. The van der Waals surface area contributed by atoms with Crippen LogP contribution in [-0.2, 0) is 5.41 Å². The predicted molar refractivity (Wildman–Crippen MR) is 122 cm³/mol. The first-order valence-corrected chi connectivity index (χ1v) is 10.0.